The fourth-order valence-electron chi connectivity index (χ4n) is 1.17. The van der Waals surface area contributed by atoms with Crippen molar-refractivity contribution in [3.05, 3.63) is 17.6 Å². The molecule has 2 rings (SSSR count). The van der Waals surface area contributed by atoms with Crippen LogP contribution in [0, 0.1) is 6.92 Å². The molecule has 7 nitrogen and oxygen atoms in total. The van der Waals surface area contributed by atoms with Crippen LogP contribution in [-0.4, -0.2) is 25.0 Å². The molecule has 0 aliphatic carbocycles. The molecular weight excluding hydrogens is 228 g/mol. The first-order valence-electron chi connectivity index (χ1n) is 4.71. The molecule has 86 valence electrons. The second-order valence-electron chi connectivity index (χ2n) is 3.17. The maximum absolute atomic E-state index is 5.50. The third-order valence-electron chi connectivity index (χ3n) is 2.00. The maximum atomic E-state index is 5.50. The van der Waals surface area contributed by atoms with Crippen LogP contribution >= 0.6 is 11.8 Å². The number of thioether (sulfide) groups is 1. The lowest BCUT2D eigenvalue weighted by Crippen LogP contribution is -2.05. The molecule has 0 aliphatic rings. The molecule has 2 aromatic rings. The molecule has 0 bridgehead atoms. The Morgan fingerprint density at radius 3 is 2.69 bits per heavy atom. The molecule has 0 radical (unpaired) electrons. The molecule has 2 heterocycles. The van der Waals surface area contributed by atoms with E-state index in [1.807, 2.05) is 11.6 Å². The van der Waals surface area contributed by atoms with Crippen molar-refractivity contribution in [1.82, 2.24) is 25.0 Å². The van der Waals surface area contributed by atoms with E-state index < -0.39 is 0 Å². The van der Waals surface area contributed by atoms with Gasteiger partial charge in [-0.2, -0.15) is 0 Å². The summed E-state index contributed by atoms with van der Waals surface area (Å²) in [6.07, 6.45) is 0. The van der Waals surface area contributed by atoms with E-state index in [2.05, 4.69) is 20.4 Å². The molecule has 0 spiro atoms. The summed E-state index contributed by atoms with van der Waals surface area (Å²) >= 11 is 1.49. The Labute approximate surface area is 96.4 Å². The summed E-state index contributed by atoms with van der Waals surface area (Å²) in [5, 5.41) is 16.4. The predicted molar refractivity (Wildman–Crippen MR) is 57.5 cm³/mol. The molecule has 16 heavy (non-hydrogen) atoms. The maximum Gasteiger partial charge on any atom is 0.226 e. The molecule has 0 aliphatic heterocycles. The Balaban J connectivity index is 2.02. The van der Waals surface area contributed by atoms with Gasteiger partial charge in [-0.25, -0.2) is 0 Å². The van der Waals surface area contributed by atoms with Gasteiger partial charge in [0.1, 0.15) is 5.82 Å². The van der Waals surface area contributed by atoms with Crippen LogP contribution in [0.5, 0.6) is 0 Å². The van der Waals surface area contributed by atoms with Gasteiger partial charge in [0.25, 0.3) is 0 Å². The Kier molecular flexibility index (Phi) is 3.20. The van der Waals surface area contributed by atoms with Crippen molar-refractivity contribution in [3.63, 3.8) is 0 Å². The highest BCUT2D eigenvalue weighted by atomic mass is 32.2. The van der Waals surface area contributed by atoms with Gasteiger partial charge < -0.3 is 14.7 Å². The number of nitrogens with zero attached hydrogens (tertiary/aromatic N) is 5. The van der Waals surface area contributed by atoms with Crippen LogP contribution in [0.25, 0.3) is 0 Å². The van der Waals surface area contributed by atoms with Gasteiger partial charge >= 0.3 is 0 Å². The van der Waals surface area contributed by atoms with Gasteiger partial charge in [-0.15, -0.1) is 20.4 Å². The summed E-state index contributed by atoms with van der Waals surface area (Å²) in [6, 6.07) is 0. The molecule has 2 aromatic heterocycles. The number of aryl methyl sites for hydroxylation is 1. The Bertz CT molecular complexity index is 479. The molecule has 0 unspecified atom stereocenters. The van der Waals surface area contributed by atoms with Crippen molar-refractivity contribution in [1.29, 1.82) is 0 Å². The molecular formula is C8H12N6OS. The van der Waals surface area contributed by atoms with Crippen molar-refractivity contribution in [2.45, 2.75) is 24.4 Å². The van der Waals surface area contributed by atoms with E-state index in [-0.39, 0.29) is 0 Å². The van der Waals surface area contributed by atoms with Gasteiger partial charge in [0.2, 0.25) is 11.8 Å². The van der Waals surface area contributed by atoms with E-state index in [9.17, 15) is 0 Å². The fraction of sp³-hybridized carbons (Fsp3) is 0.500. The standard InChI is InChI=1S/C8H12N6OS/c1-5-10-12-7(15-5)4-16-8-13-11-6(3-9)14(8)2/h3-4,9H2,1-2H3. The molecule has 8 heteroatoms. The van der Waals surface area contributed by atoms with Gasteiger partial charge in [-0.3, -0.25) is 0 Å². The summed E-state index contributed by atoms with van der Waals surface area (Å²) in [7, 11) is 1.88. The summed E-state index contributed by atoms with van der Waals surface area (Å²) in [5.74, 6) is 2.48. The third-order valence-corrected chi connectivity index (χ3v) is 3.01. The highest BCUT2D eigenvalue weighted by molar-refractivity contribution is 7.98. The van der Waals surface area contributed by atoms with Crippen LogP contribution < -0.4 is 5.73 Å². The average molecular weight is 240 g/mol. The van der Waals surface area contributed by atoms with Crippen molar-refractivity contribution < 1.29 is 4.42 Å². The van der Waals surface area contributed by atoms with E-state index in [1.54, 1.807) is 6.92 Å². The molecule has 0 amide bonds. The molecule has 0 atom stereocenters. The summed E-state index contributed by atoms with van der Waals surface area (Å²) in [5.41, 5.74) is 5.50. The topological polar surface area (TPSA) is 95.6 Å². The second kappa shape index (κ2) is 4.62. The Hall–Kier alpha value is -1.41. The van der Waals surface area contributed by atoms with Crippen LogP contribution in [0.2, 0.25) is 0 Å². The molecule has 2 N–H and O–H groups in total. The molecule has 0 aromatic carbocycles. The highest BCUT2D eigenvalue weighted by Gasteiger charge is 2.10. The number of aromatic nitrogens is 5. The van der Waals surface area contributed by atoms with Crippen LogP contribution in [-0.2, 0) is 19.3 Å². The van der Waals surface area contributed by atoms with Gasteiger partial charge in [-0.1, -0.05) is 11.8 Å². The van der Waals surface area contributed by atoms with E-state index in [1.165, 1.54) is 11.8 Å². The first kappa shape index (κ1) is 11.1. The minimum atomic E-state index is 0.379. The zero-order valence-electron chi connectivity index (χ0n) is 9.04. The number of rotatable bonds is 4. The molecule has 0 fully saturated rings. The lowest BCUT2D eigenvalue weighted by Gasteiger charge is -1.99. The molecule has 0 saturated heterocycles. The number of hydrogen-bond acceptors (Lipinski definition) is 7. The Morgan fingerprint density at radius 2 is 2.12 bits per heavy atom. The number of hydrogen-bond donors (Lipinski definition) is 1. The third kappa shape index (κ3) is 2.22. The zero-order chi connectivity index (χ0) is 11.5. The summed E-state index contributed by atoms with van der Waals surface area (Å²) in [4.78, 5) is 0. The van der Waals surface area contributed by atoms with E-state index in [0.717, 1.165) is 11.0 Å². The van der Waals surface area contributed by atoms with Crippen molar-refractivity contribution >= 4 is 11.8 Å². The normalized spacial score (nSPS) is 10.9. The van der Waals surface area contributed by atoms with Crippen LogP contribution in [0.15, 0.2) is 9.57 Å². The minimum Gasteiger partial charge on any atom is -0.425 e. The lowest BCUT2D eigenvalue weighted by atomic mass is 10.6. The van der Waals surface area contributed by atoms with E-state index >= 15 is 0 Å². The quantitative estimate of drug-likeness (QED) is 0.765. The summed E-state index contributed by atoms with van der Waals surface area (Å²) < 4.78 is 7.11. The van der Waals surface area contributed by atoms with Crippen molar-refractivity contribution in [3.8, 4) is 0 Å². The molecule has 0 saturated carbocycles. The number of nitrogens with two attached hydrogens (primary N) is 1. The van der Waals surface area contributed by atoms with E-state index in [4.69, 9.17) is 10.2 Å². The van der Waals surface area contributed by atoms with Gasteiger partial charge in [0.05, 0.1) is 12.3 Å². The second-order valence-corrected chi connectivity index (χ2v) is 4.11. The van der Waals surface area contributed by atoms with Crippen molar-refractivity contribution in [2.75, 3.05) is 0 Å². The SMILES string of the molecule is Cc1nnc(CSc2nnc(CN)n2C)o1. The predicted octanol–water partition coefficient (Wildman–Crippen LogP) is 0.258. The largest absolute Gasteiger partial charge is 0.425 e. The average Bonchev–Trinajstić information content (AvgIpc) is 2.83. The van der Waals surface area contributed by atoms with Crippen LogP contribution in [0.1, 0.15) is 17.6 Å². The van der Waals surface area contributed by atoms with Crippen LogP contribution in [0.3, 0.4) is 0 Å². The van der Waals surface area contributed by atoms with Gasteiger partial charge in [0, 0.05) is 14.0 Å². The smallest absolute Gasteiger partial charge is 0.226 e. The Morgan fingerprint density at radius 1 is 1.31 bits per heavy atom. The lowest BCUT2D eigenvalue weighted by molar-refractivity contribution is 0.485. The highest BCUT2D eigenvalue weighted by Crippen LogP contribution is 2.19. The fourth-order valence-corrected chi connectivity index (χ4v) is 1.94. The monoisotopic (exact) mass is 240 g/mol. The van der Waals surface area contributed by atoms with Crippen LogP contribution in [0.4, 0.5) is 0 Å². The van der Waals surface area contributed by atoms with Gasteiger partial charge in [-0.05, 0) is 0 Å². The summed E-state index contributed by atoms with van der Waals surface area (Å²) in [6.45, 7) is 2.14. The van der Waals surface area contributed by atoms with E-state index in [0.29, 0.717) is 24.1 Å². The first-order valence-corrected chi connectivity index (χ1v) is 5.69. The first-order chi connectivity index (χ1) is 7.70. The minimum absolute atomic E-state index is 0.379. The van der Waals surface area contributed by atoms with Crippen molar-refractivity contribution in [2.24, 2.45) is 12.8 Å². The zero-order valence-corrected chi connectivity index (χ0v) is 9.86. The van der Waals surface area contributed by atoms with Gasteiger partial charge in [0.15, 0.2) is 5.16 Å².